The van der Waals surface area contributed by atoms with Gasteiger partial charge in [0.05, 0.1) is 44.1 Å². The van der Waals surface area contributed by atoms with E-state index in [9.17, 15) is 0 Å². The molecule has 0 aliphatic carbocycles. The molecule has 0 bridgehead atoms. The van der Waals surface area contributed by atoms with Crippen LogP contribution in [0.1, 0.15) is 33.1 Å². The zero-order chi connectivity index (χ0) is 62.8. The number of H-pyrrole nitrogens is 1. The highest BCUT2D eigenvalue weighted by Crippen LogP contribution is 2.46. The standard InChI is InChI=1S/C42H26N2.C24H15N.C18H12BrN.C5H12/c1-2-15-30-27(12-1)24-25-37-40-35-20-5-3-16-31(35)32-17-4-6-21-36(32)42(40)44(41(30)37)29-14-11-13-28(26-29)43-38-22-9-7-18-33(38)34-19-8-10-23-39(34)43;1-2-8-16-15(7-1)13-14-21-22-19-11-5-3-9-17(19)18-10-4-6-12-20(18)24(22)25-23(16)21;19-13-6-5-7-14(12-13)20-17-10-3-1-8-15(17)16-9-2-4-11-18(16)20;1-3-5-4-2/h1-26H;1-14,25H;1-12H;3-5H2,1-2H3. The second kappa shape index (κ2) is 23.8. The molecule has 16 aromatic carbocycles. The topological polar surface area (TPSA) is 30.6 Å². The van der Waals surface area contributed by atoms with Crippen LogP contribution >= 0.6 is 15.9 Å². The highest BCUT2D eigenvalue weighted by atomic mass is 79.9. The molecule has 4 aromatic heterocycles. The molecule has 0 spiro atoms. The van der Waals surface area contributed by atoms with Crippen LogP contribution in [0.2, 0.25) is 0 Å². The molecule has 0 atom stereocenters. The van der Waals surface area contributed by atoms with E-state index in [0.29, 0.717) is 0 Å². The third-order valence-corrected chi connectivity index (χ3v) is 19.7. The van der Waals surface area contributed by atoms with E-state index in [-0.39, 0.29) is 0 Å². The first-order valence-electron chi connectivity index (χ1n) is 32.9. The average molecular weight is 1270 g/mol. The number of nitrogens with zero attached hydrogens (tertiary/aromatic N) is 3. The maximum atomic E-state index is 3.76. The van der Waals surface area contributed by atoms with Crippen molar-refractivity contribution in [1.82, 2.24) is 18.7 Å². The highest BCUT2D eigenvalue weighted by Gasteiger charge is 2.22. The van der Waals surface area contributed by atoms with Crippen LogP contribution in [-0.2, 0) is 0 Å². The van der Waals surface area contributed by atoms with Crippen LogP contribution in [0.3, 0.4) is 0 Å². The molecule has 1 N–H and O–H groups in total. The van der Waals surface area contributed by atoms with E-state index in [1.54, 1.807) is 0 Å². The molecule has 20 aromatic rings. The van der Waals surface area contributed by atoms with Gasteiger partial charge in [-0.1, -0.05) is 304 Å². The first kappa shape index (κ1) is 56.7. The summed E-state index contributed by atoms with van der Waals surface area (Å²) in [7, 11) is 0. The van der Waals surface area contributed by atoms with Crippen molar-refractivity contribution < 1.29 is 0 Å². The maximum absolute atomic E-state index is 3.76. The van der Waals surface area contributed by atoms with Crippen molar-refractivity contribution in [3.8, 4) is 17.1 Å². The van der Waals surface area contributed by atoms with Crippen LogP contribution in [0, 0.1) is 0 Å². The Labute approximate surface area is 552 Å². The lowest BCUT2D eigenvalue weighted by molar-refractivity contribution is 0.772. The third-order valence-electron chi connectivity index (χ3n) is 19.2. The molecule has 0 amide bonds. The molecule has 0 saturated heterocycles. The summed E-state index contributed by atoms with van der Waals surface area (Å²) in [5.74, 6) is 0. The van der Waals surface area contributed by atoms with Crippen LogP contribution in [-0.4, -0.2) is 18.7 Å². The van der Waals surface area contributed by atoms with Gasteiger partial charge in [0.15, 0.2) is 0 Å². The van der Waals surface area contributed by atoms with E-state index in [0.717, 1.165) is 15.8 Å². The number of hydrogen-bond donors (Lipinski definition) is 1. The number of hydrogen-bond acceptors (Lipinski definition) is 0. The zero-order valence-corrected chi connectivity index (χ0v) is 53.9. The molecular formula is C89H65BrN4. The van der Waals surface area contributed by atoms with Crippen LogP contribution in [0.15, 0.2) is 320 Å². The smallest absolute Gasteiger partial charge is 0.0626 e. The Morgan fingerprint density at radius 3 is 1.14 bits per heavy atom. The van der Waals surface area contributed by atoms with Crippen molar-refractivity contribution in [3.63, 3.8) is 0 Å². The van der Waals surface area contributed by atoms with Crippen molar-refractivity contribution in [1.29, 1.82) is 0 Å². The van der Waals surface area contributed by atoms with Gasteiger partial charge in [0.2, 0.25) is 0 Å². The molecule has 4 nitrogen and oxygen atoms in total. The van der Waals surface area contributed by atoms with E-state index < -0.39 is 0 Å². The van der Waals surface area contributed by atoms with E-state index in [1.165, 1.54) is 177 Å². The second-order valence-electron chi connectivity index (χ2n) is 24.6. The first-order valence-corrected chi connectivity index (χ1v) is 33.6. The van der Waals surface area contributed by atoms with Gasteiger partial charge in [-0.2, -0.15) is 0 Å². The maximum Gasteiger partial charge on any atom is 0.0626 e. The Bertz CT molecular complexity index is 6220. The Kier molecular flexibility index (Phi) is 14.3. The number of nitrogens with one attached hydrogen (secondary N) is 1. The van der Waals surface area contributed by atoms with Crippen molar-refractivity contribution in [3.05, 3.63) is 320 Å². The van der Waals surface area contributed by atoms with Gasteiger partial charge in [-0.15, -0.1) is 0 Å². The summed E-state index contributed by atoms with van der Waals surface area (Å²) in [5, 5.41) is 25.8. The Morgan fingerprint density at radius 1 is 0.255 bits per heavy atom. The van der Waals surface area contributed by atoms with Crippen LogP contribution in [0.5, 0.6) is 0 Å². The molecule has 448 valence electrons. The van der Waals surface area contributed by atoms with Gasteiger partial charge in [-0.3, -0.25) is 0 Å². The number of rotatable bonds is 5. The third kappa shape index (κ3) is 9.32. The Balaban J connectivity index is 0.000000113. The van der Waals surface area contributed by atoms with Gasteiger partial charge in [0.1, 0.15) is 0 Å². The Hall–Kier alpha value is -11.2. The average Bonchev–Trinajstić information content (AvgIpc) is 1.57. The molecular weight excluding hydrogens is 1200 g/mol. The summed E-state index contributed by atoms with van der Waals surface area (Å²) < 4.78 is 8.35. The summed E-state index contributed by atoms with van der Waals surface area (Å²) in [6.07, 6.45) is 4.08. The summed E-state index contributed by atoms with van der Waals surface area (Å²) in [6, 6.07) is 114. The molecule has 0 unspecified atom stereocenters. The first-order chi connectivity index (χ1) is 46.5. The van der Waals surface area contributed by atoms with E-state index in [2.05, 4.69) is 364 Å². The number of aromatic amines is 1. The van der Waals surface area contributed by atoms with Gasteiger partial charge in [0, 0.05) is 86.2 Å². The molecule has 0 saturated carbocycles. The van der Waals surface area contributed by atoms with Crippen LogP contribution in [0.4, 0.5) is 0 Å². The second-order valence-corrected chi connectivity index (χ2v) is 25.5. The van der Waals surface area contributed by atoms with Gasteiger partial charge in [-0.05, 0) is 104 Å². The van der Waals surface area contributed by atoms with Crippen LogP contribution in [0.25, 0.3) is 169 Å². The van der Waals surface area contributed by atoms with Crippen LogP contribution < -0.4 is 0 Å². The summed E-state index contributed by atoms with van der Waals surface area (Å²) in [4.78, 5) is 3.76. The predicted molar refractivity (Wildman–Crippen MR) is 410 cm³/mol. The molecule has 0 fully saturated rings. The molecule has 20 rings (SSSR count). The lowest BCUT2D eigenvalue weighted by Gasteiger charge is -2.15. The summed E-state index contributed by atoms with van der Waals surface area (Å²) >= 11 is 3.56. The minimum Gasteiger partial charge on any atom is -0.353 e. The number of fused-ring (bicyclic) bond motifs is 26. The van der Waals surface area contributed by atoms with Crippen molar-refractivity contribution in [2.45, 2.75) is 33.1 Å². The fourth-order valence-corrected chi connectivity index (χ4v) is 15.5. The number of halogens is 1. The Morgan fingerprint density at radius 2 is 0.628 bits per heavy atom. The molecule has 0 aliphatic rings. The predicted octanol–water partition coefficient (Wildman–Crippen LogP) is 25.9. The monoisotopic (exact) mass is 1270 g/mol. The van der Waals surface area contributed by atoms with E-state index in [1.807, 2.05) is 0 Å². The van der Waals surface area contributed by atoms with E-state index >= 15 is 0 Å². The van der Waals surface area contributed by atoms with Gasteiger partial charge in [0.25, 0.3) is 0 Å². The lowest BCUT2D eigenvalue weighted by Crippen LogP contribution is -1.99. The van der Waals surface area contributed by atoms with Gasteiger partial charge < -0.3 is 18.7 Å². The minimum absolute atomic E-state index is 1.09. The summed E-state index contributed by atoms with van der Waals surface area (Å²) in [6.45, 7) is 4.42. The number of benzene rings is 16. The zero-order valence-electron chi connectivity index (χ0n) is 52.4. The summed E-state index contributed by atoms with van der Waals surface area (Å²) in [5.41, 5.74) is 13.4. The molecule has 0 radical (unpaired) electrons. The minimum atomic E-state index is 1.09. The fourth-order valence-electron chi connectivity index (χ4n) is 15.1. The normalized spacial score (nSPS) is 11.7. The SMILES string of the molecule is Brc1cccc(-n2c3ccccc3c3ccccc32)c1.CCCCC.c1cc(-n2c3ccccc3c3ccccc32)cc(-n2c3c4ccccc4ccc3c3c4ccccc4c4ccccc4c32)c1.c1ccc2c(c1)ccc1c2[nH]c2c3ccccc3c3ccccc3c12. The van der Waals surface area contributed by atoms with E-state index in [4.69, 9.17) is 0 Å². The quantitative estimate of drug-likeness (QED) is 0.167. The largest absolute Gasteiger partial charge is 0.353 e. The molecule has 5 heteroatoms. The highest BCUT2D eigenvalue weighted by molar-refractivity contribution is 9.10. The van der Waals surface area contributed by atoms with Crippen molar-refractivity contribution in [2.24, 2.45) is 0 Å². The van der Waals surface area contributed by atoms with Gasteiger partial charge >= 0.3 is 0 Å². The number of aromatic nitrogens is 4. The molecule has 94 heavy (non-hydrogen) atoms. The van der Waals surface area contributed by atoms with Gasteiger partial charge in [-0.25, -0.2) is 0 Å². The van der Waals surface area contributed by atoms with Crippen molar-refractivity contribution >= 4 is 168 Å². The molecule has 4 heterocycles. The number of unbranched alkanes of at least 4 members (excludes halogenated alkanes) is 2. The van der Waals surface area contributed by atoms with Crippen molar-refractivity contribution in [2.75, 3.05) is 0 Å². The lowest BCUT2D eigenvalue weighted by atomic mass is 9.96. The fraction of sp³-hybridized carbons (Fsp3) is 0.0562. The number of para-hydroxylation sites is 4. The molecule has 0 aliphatic heterocycles.